The topological polar surface area (TPSA) is 104 Å². The molecule has 18 heavy (non-hydrogen) atoms. The van der Waals surface area contributed by atoms with Crippen molar-refractivity contribution in [3.63, 3.8) is 0 Å². The second kappa shape index (κ2) is 4.78. The molecule has 0 unspecified atom stereocenters. The molecule has 0 atom stereocenters. The van der Waals surface area contributed by atoms with Crippen LogP contribution in [0.15, 0.2) is 16.7 Å². The zero-order chi connectivity index (χ0) is 13.1. The molecule has 0 spiro atoms. The van der Waals surface area contributed by atoms with Gasteiger partial charge in [0.15, 0.2) is 12.4 Å². The fraction of sp³-hybridized carbons (Fsp3) is 0.300. The van der Waals surface area contributed by atoms with E-state index in [1.165, 1.54) is 6.07 Å². The zero-order valence-corrected chi connectivity index (χ0v) is 9.78. The van der Waals surface area contributed by atoms with Gasteiger partial charge < -0.3 is 19.4 Å². The minimum atomic E-state index is -0.596. The van der Waals surface area contributed by atoms with Gasteiger partial charge in [0.25, 0.3) is 5.89 Å². The third-order valence-corrected chi connectivity index (χ3v) is 2.07. The predicted octanol–water partition coefficient (Wildman–Crippen LogP) is 1.57. The fourth-order valence-electron chi connectivity index (χ4n) is 1.31. The molecule has 0 aromatic carbocycles. The first-order chi connectivity index (χ1) is 8.56. The highest BCUT2D eigenvalue weighted by atomic mass is 16.6. The highest BCUT2D eigenvalue weighted by Gasteiger charge is 2.18. The van der Waals surface area contributed by atoms with Crippen molar-refractivity contribution in [3.8, 4) is 5.75 Å². The number of hydrogen-bond acceptors (Lipinski definition) is 7. The summed E-state index contributed by atoms with van der Waals surface area (Å²) >= 11 is 0. The Labute approximate surface area is 102 Å². The van der Waals surface area contributed by atoms with E-state index in [9.17, 15) is 10.1 Å². The van der Waals surface area contributed by atoms with Crippen LogP contribution in [0, 0.1) is 24.0 Å². The van der Waals surface area contributed by atoms with Gasteiger partial charge in [0, 0.05) is 6.92 Å². The minimum Gasteiger partial charge on any atom is -0.476 e. The van der Waals surface area contributed by atoms with Crippen LogP contribution in [0.1, 0.15) is 17.4 Å². The van der Waals surface area contributed by atoms with Crippen molar-refractivity contribution < 1.29 is 14.2 Å². The summed E-state index contributed by atoms with van der Waals surface area (Å²) in [6, 6.07) is 3.12. The summed E-state index contributed by atoms with van der Waals surface area (Å²) in [7, 11) is 0. The van der Waals surface area contributed by atoms with Crippen molar-refractivity contribution in [2.75, 3.05) is 0 Å². The molecule has 0 fully saturated rings. The van der Waals surface area contributed by atoms with E-state index in [4.69, 9.17) is 9.26 Å². The maximum Gasteiger partial charge on any atom is 0.406 e. The number of nitro groups is 1. The van der Waals surface area contributed by atoms with Gasteiger partial charge in [-0.3, -0.25) is 0 Å². The molecule has 94 valence electrons. The molecule has 0 saturated heterocycles. The summed E-state index contributed by atoms with van der Waals surface area (Å²) in [6.07, 6.45) is 0. The Morgan fingerprint density at radius 1 is 1.39 bits per heavy atom. The Balaban J connectivity index is 2.16. The summed E-state index contributed by atoms with van der Waals surface area (Å²) in [6.45, 7) is 3.30. The van der Waals surface area contributed by atoms with Crippen molar-refractivity contribution in [2.45, 2.75) is 20.5 Å². The molecule has 0 aliphatic carbocycles. The Hall–Kier alpha value is -2.51. The average molecular weight is 250 g/mol. The maximum absolute atomic E-state index is 10.8. The van der Waals surface area contributed by atoms with E-state index < -0.39 is 4.92 Å². The van der Waals surface area contributed by atoms with E-state index in [1.807, 2.05) is 0 Å². The zero-order valence-electron chi connectivity index (χ0n) is 9.78. The second-order valence-electron chi connectivity index (χ2n) is 3.56. The van der Waals surface area contributed by atoms with Crippen LogP contribution < -0.4 is 4.74 Å². The van der Waals surface area contributed by atoms with Crippen molar-refractivity contribution in [1.29, 1.82) is 0 Å². The number of aryl methyl sites for hydroxylation is 2. The Morgan fingerprint density at radius 2 is 2.17 bits per heavy atom. The third kappa shape index (κ3) is 2.59. The van der Waals surface area contributed by atoms with Crippen LogP contribution in [0.3, 0.4) is 0 Å². The standard InChI is InChI=1S/C10H10N4O4/c1-6-3-4-8(10(11-6)14(15)16)17-5-9-12-7(2)13-18-9/h3-4H,5H2,1-2H3. The molecule has 2 aromatic heterocycles. The molecule has 0 aliphatic heterocycles. The first-order valence-corrected chi connectivity index (χ1v) is 5.10. The van der Waals surface area contributed by atoms with Gasteiger partial charge >= 0.3 is 5.82 Å². The van der Waals surface area contributed by atoms with Gasteiger partial charge in [-0.1, -0.05) is 5.16 Å². The van der Waals surface area contributed by atoms with Crippen LogP contribution in [0.2, 0.25) is 0 Å². The van der Waals surface area contributed by atoms with Gasteiger partial charge in [-0.15, -0.1) is 0 Å². The third-order valence-electron chi connectivity index (χ3n) is 2.07. The molecule has 0 amide bonds. The molecule has 8 nitrogen and oxygen atoms in total. The lowest BCUT2D eigenvalue weighted by Crippen LogP contribution is -2.02. The molecule has 8 heteroatoms. The first kappa shape index (κ1) is 12.0. The fourth-order valence-corrected chi connectivity index (χ4v) is 1.31. The van der Waals surface area contributed by atoms with Gasteiger partial charge in [0.2, 0.25) is 5.75 Å². The number of nitrogens with zero attached hydrogens (tertiary/aromatic N) is 4. The lowest BCUT2D eigenvalue weighted by Gasteiger charge is -2.03. The van der Waals surface area contributed by atoms with Crippen molar-refractivity contribution >= 4 is 5.82 Å². The van der Waals surface area contributed by atoms with E-state index >= 15 is 0 Å². The second-order valence-corrected chi connectivity index (χ2v) is 3.56. The van der Waals surface area contributed by atoms with E-state index in [0.717, 1.165) is 0 Å². The average Bonchev–Trinajstić information content (AvgIpc) is 2.73. The van der Waals surface area contributed by atoms with Crippen LogP contribution in [-0.2, 0) is 6.61 Å². The monoisotopic (exact) mass is 250 g/mol. The van der Waals surface area contributed by atoms with Crippen LogP contribution in [0.4, 0.5) is 5.82 Å². The summed E-state index contributed by atoms with van der Waals surface area (Å²) < 4.78 is 10.1. The molecule has 0 saturated carbocycles. The summed E-state index contributed by atoms with van der Waals surface area (Å²) in [5, 5.41) is 14.4. The van der Waals surface area contributed by atoms with Crippen LogP contribution in [0.25, 0.3) is 0 Å². The SMILES string of the molecule is Cc1ccc(OCc2nc(C)no2)c([N+](=O)[O-])n1. The Kier molecular flexibility index (Phi) is 3.18. The van der Waals surface area contributed by atoms with Crippen molar-refractivity contribution in [2.24, 2.45) is 0 Å². The number of rotatable bonds is 4. The molecule has 0 radical (unpaired) electrons. The molecule has 2 heterocycles. The maximum atomic E-state index is 10.8. The highest BCUT2D eigenvalue weighted by Crippen LogP contribution is 2.25. The molecular formula is C10H10N4O4. The molecule has 0 bridgehead atoms. The van der Waals surface area contributed by atoms with Crippen LogP contribution in [0.5, 0.6) is 5.75 Å². The lowest BCUT2D eigenvalue weighted by atomic mass is 10.3. The van der Waals surface area contributed by atoms with E-state index in [-0.39, 0.29) is 24.1 Å². The van der Waals surface area contributed by atoms with Gasteiger partial charge in [-0.2, -0.15) is 4.98 Å². The van der Waals surface area contributed by atoms with Crippen molar-refractivity contribution in [1.82, 2.24) is 15.1 Å². The molecule has 2 aromatic rings. The first-order valence-electron chi connectivity index (χ1n) is 5.10. The number of aromatic nitrogens is 3. The van der Waals surface area contributed by atoms with Gasteiger partial charge in [-0.25, -0.2) is 0 Å². The summed E-state index contributed by atoms with van der Waals surface area (Å²) in [5.74, 6) is 0.472. The van der Waals surface area contributed by atoms with Gasteiger partial charge in [0.1, 0.15) is 5.69 Å². The molecule has 2 rings (SSSR count). The highest BCUT2D eigenvalue weighted by molar-refractivity contribution is 5.40. The molecular weight excluding hydrogens is 240 g/mol. The smallest absolute Gasteiger partial charge is 0.406 e. The van der Waals surface area contributed by atoms with Crippen LogP contribution >= 0.6 is 0 Å². The summed E-state index contributed by atoms with van der Waals surface area (Å²) in [5.41, 5.74) is 0.544. The normalized spacial score (nSPS) is 10.3. The van der Waals surface area contributed by atoms with Crippen molar-refractivity contribution in [3.05, 3.63) is 39.7 Å². The predicted molar refractivity (Wildman–Crippen MR) is 59.0 cm³/mol. The lowest BCUT2D eigenvalue weighted by molar-refractivity contribution is -0.390. The Morgan fingerprint density at radius 3 is 2.78 bits per heavy atom. The quantitative estimate of drug-likeness (QED) is 0.599. The van der Waals surface area contributed by atoms with E-state index in [0.29, 0.717) is 11.5 Å². The minimum absolute atomic E-state index is 0.0353. The largest absolute Gasteiger partial charge is 0.476 e. The van der Waals surface area contributed by atoms with E-state index in [1.54, 1.807) is 19.9 Å². The van der Waals surface area contributed by atoms with Gasteiger partial charge in [-0.05, 0) is 29.0 Å². The molecule has 0 N–H and O–H groups in total. The van der Waals surface area contributed by atoms with Gasteiger partial charge in [0.05, 0.1) is 0 Å². The number of ether oxygens (including phenoxy) is 1. The Bertz CT molecular complexity index is 581. The molecule has 0 aliphatic rings. The van der Waals surface area contributed by atoms with E-state index in [2.05, 4.69) is 15.1 Å². The summed E-state index contributed by atoms with van der Waals surface area (Å²) in [4.78, 5) is 17.9. The van der Waals surface area contributed by atoms with Crippen LogP contribution in [-0.4, -0.2) is 20.0 Å². The number of pyridine rings is 1. The number of hydrogen-bond donors (Lipinski definition) is 0.